The number of nitrogens with zero attached hydrogens (tertiary/aromatic N) is 2. The zero-order valence-electron chi connectivity index (χ0n) is 35.1. The van der Waals surface area contributed by atoms with Crippen LogP contribution in [0.1, 0.15) is 131 Å². The van der Waals surface area contributed by atoms with Crippen molar-refractivity contribution in [3.05, 3.63) is 68.8 Å². The van der Waals surface area contributed by atoms with Gasteiger partial charge in [-0.05, 0) is 62.9 Å². The van der Waals surface area contributed by atoms with Crippen molar-refractivity contribution in [2.24, 2.45) is 11.5 Å². The number of rotatable bonds is 18. The third kappa shape index (κ3) is 9.83. The maximum atomic E-state index is 14.3. The number of hydrogen-bond donors (Lipinski definition) is 8. The fourth-order valence-corrected chi connectivity index (χ4v) is 8.32. The van der Waals surface area contributed by atoms with Crippen LogP contribution >= 0.6 is 0 Å². The summed E-state index contributed by atoms with van der Waals surface area (Å²) in [6.07, 6.45) is 1.27. The Morgan fingerprint density at radius 1 is 0.759 bits per heavy atom. The first-order valence-electron chi connectivity index (χ1n) is 20.6. The Kier molecular flexibility index (Phi) is 15.3. The standard InChI is InChI=1S/C43H62N10O5/c1-8-28-23(2)31-22-36-39(27(6)54)25(4)33(51-36)20-32-24(3)29(9-10-37(55)48-17-15-46-13-11-44)41(52-32)30(19-38(56)58-7)42-40(43(57)49-18-16-47-14-12-45)26(5)34(53-42)21-35(28)50-31/h20-24,28-29,46-47,51,53H,8-19,44-45H2,1-7H3,(H,48,55)(H,49,57)/t23-,24+,28-,29+/m1/s1. The molecule has 314 valence electrons. The van der Waals surface area contributed by atoms with Gasteiger partial charge in [0.15, 0.2) is 5.78 Å². The van der Waals surface area contributed by atoms with Crippen molar-refractivity contribution in [1.29, 1.82) is 0 Å². The summed E-state index contributed by atoms with van der Waals surface area (Å²) in [6.45, 7) is 15.9. The van der Waals surface area contributed by atoms with Gasteiger partial charge >= 0.3 is 5.97 Å². The summed E-state index contributed by atoms with van der Waals surface area (Å²) in [5, 5.41) is 12.4. The smallest absolute Gasteiger partial charge is 0.310 e. The van der Waals surface area contributed by atoms with Crippen LogP contribution in [0.25, 0.3) is 22.1 Å². The van der Waals surface area contributed by atoms with E-state index in [9.17, 15) is 19.2 Å². The monoisotopic (exact) mass is 798 g/mol. The molecule has 10 N–H and O–H groups in total. The van der Waals surface area contributed by atoms with Gasteiger partial charge in [0.05, 0.1) is 35.8 Å². The van der Waals surface area contributed by atoms with E-state index in [1.54, 1.807) is 6.92 Å². The summed E-state index contributed by atoms with van der Waals surface area (Å²) in [4.78, 5) is 71.6. The molecule has 3 aromatic rings. The molecule has 2 aliphatic heterocycles. The molecule has 2 amide bonds. The average molecular weight is 799 g/mol. The fraction of sp³-hybridized carbons (Fsp3) is 0.535. The van der Waals surface area contributed by atoms with E-state index in [2.05, 4.69) is 52.0 Å². The second kappa shape index (κ2) is 20.1. The highest BCUT2D eigenvalue weighted by molar-refractivity contribution is 6.06. The lowest BCUT2D eigenvalue weighted by molar-refractivity contribution is -0.139. The molecule has 0 unspecified atom stereocenters. The van der Waals surface area contributed by atoms with Crippen molar-refractivity contribution >= 4 is 45.6 Å². The molecule has 0 saturated heterocycles. The van der Waals surface area contributed by atoms with Gasteiger partial charge in [-0.3, -0.25) is 29.1 Å². The van der Waals surface area contributed by atoms with Gasteiger partial charge in [-0.1, -0.05) is 20.8 Å². The van der Waals surface area contributed by atoms with E-state index in [0.29, 0.717) is 109 Å². The first-order valence-corrected chi connectivity index (χ1v) is 20.6. The first-order chi connectivity index (χ1) is 27.8. The van der Waals surface area contributed by atoms with Gasteiger partial charge in [0.2, 0.25) is 5.91 Å². The molecule has 0 fully saturated rings. The van der Waals surface area contributed by atoms with Crippen molar-refractivity contribution in [1.82, 2.24) is 41.2 Å². The van der Waals surface area contributed by atoms with Gasteiger partial charge in [-0.2, -0.15) is 0 Å². The summed E-state index contributed by atoms with van der Waals surface area (Å²) in [7, 11) is 1.34. The highest BCUT2D eigenvalue weighted by Gasteiger charge is 2.34. The van der Waals surface area contributed by atoms with Crippen molar-refractivity contribution in [3.8, 4) is 0 Å². The number of ketones is 1. The number of methoxy groups -OCH3 is 1. The van der Waals surface area contributed by atoms with Gasteiger partial charge < -0.3 is 47.4 Å². The number of amides is 2. The molecule has 0 aliphatic carbocycles. The van der Waals surface area contributed by atoms with Crippen molar-refractivity contribution in [2.45, 2.75) is 90.9 Å². The summed E-state index contributed by atoms with van der Waals surface area (Å²) in [6, 6.07) is 5.94. The number of carbonyl (C=O) groups excluding carboxylic acids is 4. The number of H-pyrrole nitrogens is 2. The number of fused-ring (bicyclic) bond motifs is 8. The van der Waals surface area contributed by atoms with Crippen LogP contribution in [0.4, 0.5) is 0 Å². The van der Waals surface area contributed by atoms with Crippen molar-refractivity contribution < 1.29 is 23.9 Å². The second-order valence-electron chi connectivity index (χ2n) is 15.4. The normalized spacial score (nSPS) is 17.6. The SMILES string of the molecule is CC[C@H]1c2cc3[nH]c(c(CC(=O)OC)c4nc(cc5[nH]c(cc(n2)[C@@H]1C)c(C(C)=O)c5C)[C@@H](C)[C@@H]4CCC(=O)NCCNCCN)c(C(=O)NCCNCCN)c3C. The summed E-state index contributed by atoms with van der Waals surface area (Å²) in [5.41, 5.74) is 19.8. The topological polar surface area (TPSA) is 235 Å². The third-order valence-corrected chi connectivity index (χ3v) is 11.6. The van der Waals surface area contributed by atoms with E-state index < -0.39 is 5.97 Å². The lowest BCUT2D eigenvalue weighted by atomic mass is 9.85. The molecule has 3 aromatic heterocycles. The Morgan fingerprint density at radius 2 is 1.34 bits per heavy atom. The summed E-state index contributed by atoms with van der Waals surface area (Å²) in [5.74, 6) is -1.37. The molecule has 15 nitrogen and oxygen atoms in total. The minimum absolute atomic E-state index is 0.0545. The van der Waals surface area contributed by atoms with Gasteiger partial charge in [0.25, 0.3) is 5.91 Å². The van der Waals surface area contributed by atoms with E-state index in [4.69, 9.17) is 26.2 Å². The second-order valence-corrected chi connectivity index (χ2v) is 15.4. The fourth-order valence-electron chi connectivity index (χ4n) is 8.32. The van der Waals surface area contributed by atoms with E-state index >= 15 is 0 Å². The lowest BCUT2D eigenvalue weighted by Gasteiger charge is -2.18. The quantitative estimate of drug-likeness (QED) is 0.0524. The molecular weight excluding hydrogens is 737 g/mol. The molecule has 58 heavy (non-hydrogen) atoms. The number of Topliss-reactive ketones (excluding diaryl/α,β-unsaturated/α-hetero) is 1. The van der Waals surface area contributed by atoms with Gasteiger partial charge in [0.1, 0.15) is 0 Å². The molecule has 0 aromatic carbocycles. The number of aryl methyl sites for hydroxylation is 2. The van der Waals surface area contributed by atoms with Crippen LogP contribution in [-0.2, 0) is 20.7 Å². The predicted octanol–water partition coefficient (Wildman–Crippen LogP) is 3.76. The molecule has 0 radical (unpaired) electrons. The maximum Gasteiger partial charge on any atom is 0.310 e. The van der Waals surface area contributed by atoms with Gasteiger partial charge in [-0.25, -0.2) is 0 Å². The predicted molar refractivity (Wildman–Crippen MR) is 227 cm³/mol. The Bertz CT molecular complexity index is 2160. The number of hydrogen-bond acceptors (Lipinski definition) is 11. The van der Waals surface area contributed by atoms with Crippen LogP contribution in [0.5, 0.6) is 0 Å². The number of aromatic amines is 2. The number of aromatic nitrogens is 4. The van der Waals surface area contributed by atoms with Crippen LogP contribution in [0, 0.1) is 13.8 Å². The number of nitrogens with two attached hydrogens (primary N) is 2. The van der Waals surface area contributed by atoms with E-state index in [-0.39, 0.29) is 54.1 Å². The zero-order chi connectivity index (χ0) is 42.1. The average Bonchev–Trinajstić information content (AvgIpc) is 3.88. The molecule has 5 heterocycles. The van der Waals surface area contributed by atoms with E-state index in [1.807, 2.05) is 32.0 Å². The summed E-state index contributed by atoms with van der Waals surface area (Å²) < 4.78 is 5.25. The summed E-state index contributed by atoms with van der Waals surface area (Å²) >= 11 is 0. The number of ether oxygens (including phenoxy) is 1. The molecule has 0 saturated carbocycles. The highest BCUT2D eigenvalue weighted by atomic mass is 16.5. The van der Waals surface area contributed by atoms with E-state index in [1.165, 1.54) is 7.11 Å². The number of carbonyl (C=O) groups is 4. The van der Waals surface area contributed by atoms with Crippen LogP contribution in [0.3, 0.4) is 0 Å². The Labute approximate surface area is 340 Å². The van der Waals surface area contributed by atoms with Gasteiger partial charge in [0, 0.05) is 122 Å². The van der Waals surface area contributed by atoms with Crippen molar-refractivity contribution in [2.75, 3.05) is 59.5 Å². The van der Waals surface area contributed by atoms with Crippen molar-refractivity contribution in [3.63, 3.8) is 0 Å². The molecule has 4 atom stereocenters. The number of nitrogens with one attached hydrogen (secondary N) is 6. The van der Waals surface area contributed by atoms with Crippen LogP contribution in [-0.4, -0.2) is 103 Å². The minimum Gasteiger partial charge on any atom is -0.469 e. The molecule has 0 spiro atoms. The van der Waals surface area contributed by atoms with Gasteiger partial charge in [-0.15, -0.1) is 0 Å². The number of esters is 1. The van der Waals surface area contributed by atoms with Crippen LogP contribution in [0.2, 0.25) is 0 Å². The lowest BCUT2D eigenvalue weighted by Crippen LogP contribution is -2.34. The third-order valence-electron chi connectivity index (χ3n) is 11.6. The Hall–Kier alpha value is -4.96. The Morgan fingerprint density at radius 3 is 1.98 bits per heavy atom. The molecule has 8 bridgehead atoms. The van der Waals surface area contributed by atoms with E-state index in [0.717, 1.165) is 28.9 Å². The molecule has 5 rings (SSSR count). The minimum atomic E-state index is -0.500. The molecule has 2 aliphatic rings. The largest absolute Gasteiger partial charge is 0.469 e. The first kappa shape index (κ1) is 44.1. The van der Waals surface area contributed by atoms with Crippen LogP contribution in [0.15, 0.2) is 18.2 Å². The molecular formula is C43H62N10O5. The molecule has 15 heteroatoms. The highest BCUT2D eigenvalue weighted by Crippen LogP contribution is 2.43. The maximum absolute atomic E-state index is 14.3. The Balaban J connectivity index is 1.83. The zero-order valence-corrected chi connectivity index (χ0v) is 35.1. The van der Waals surface area contributed by atoms with Crippen LogP contribution < -0.4 is 32.7 Å².